The van der Waals surface area contributed by atoms with Gasteiger partial charge in [0.15, 0.2) is 0 Å². The number of aryl methyl sites for hydroxylation is 1. The zero-order valence-electron chi connectivity index (χ0n) is 13.7. The van der Waals surface area contributed by atoms with Crippen LogP contribution in [0.2, 0.25) is 0 Å². The van der Waals surface area contributed by atoms with Crippen molar-refractivity contribution in [2.45, 2.75) is 32.1 Å². The second-order valence-electron chi connectivity index (χ2n) is 6.12. The van der Waals surface area contributed by atoms with Crippen LogP contribution in [0.5, 0.6) is 0 Å². The lowest BCUT2D eigenvalue weighted by Gasteiger charge is -2.25. The molecule has 0 aromatic heterocycles. The Hall–Kier alpha value is -1.88. The van der Waals surface area contributed by atoms with Gasteiger partial charge in [-0.1, -0.05) is 18.2 Å². The van der Waals surface area contributed by atoms with Gasteiger partial charge in [0.25, 0.3) is 0 Å². The standard InChI is InChI=1S/C18H25NO4/c1-19(11-8-14-9-12-23-13-10-14)17(20)7-6-15-4-2-3-5-16(15)18(21)22/h2-5,14H,6-13H2,1H3,(H,21,22). The number of hydrogen-bond donors (Lipinski definition) is 1. The molecule has 0 radical (unpaired) electrons. The molecule has 5 nitrogen and oxygen atoms in total. The Morgan fingerprint density at radius 2 is 1.96 bits per heavy atom. The molecule has 0 aliphatic carbocycles. The van der Waals surface area contributed by atoms with Gasteiger partial charge in [-0.2, -0.15) is 0 Å². The molecule has 1 saturated heterocycles. The first-order valence-corrected chi connectivity index (χ1v) is 8.21. The SMILES string of the molecule is CN(CCC1CCOCC1)C(=O)CCc1ccccc1C(=O)O. The Labute approximate surface area is 137 Å². The predicted molar refractivity (Wildman–Crippen MR) is 87.5 cm³/mol. The number of rotatable bonds is 7. The highest BCUT2D eigenvalue weighted by Crippen LogP contribution is 2.19. The number of hydrogen-bond acceptors (Lipinski definition) is 3. The third-order valence-corrected chi connectivity index (χ3v) is 4.50. The molecule has 0 unspecified atom stereocenters. The Balaban J connectivity index is 1.78. The maximum absolute atomic E-state index is 12.2. The van der Waals surface area contributed by atoms with E-state index in [1.165, 1.54) is 0 Å². The van der Waals surface area contributed by atoms with Gasteiger partial charge in [0.2, 0.25) is 5.91 Å². The van der Waals surface area contributed by atoms with Crippen LogP contribution in [-0.2, 0) is 16.0 Å². The first-order valence-electron chi connectivity index (χ1n) is 8.21. The highest BCUT2D eigenvalue weighted by molar-refractivity contribution is 5.89. The third kappa shape index (κ3) is 5.36. The summed E-state index contributed by atoms with van der Waals surface area (Å²) in [6, 6.07) is 6.87. The average Bonchev–Trinajstić information content (AvgIpc) is 2.58. The number of carboxylic acid groups (broad SMARTS) is 1. The lowest BCUT2D eigenvalue weighted by atomic mass is 9.96. The summed E-state index contributed by atoms with van der Waals surface area (Å²) >= 11 is 0. The van der Waals surface area contributed by atoms with Gasteiger partial charge in [-0.25, -0.2) is 4.79 Å². The van der Waals surface area contributed by atoms with Gasteiger partial charge in [0.05, 0.1) is 5.56 Å². The van der Waals surface area contributed by atoms with Crippen molar-refractivity contribution in [1.29, 1.82) is 0 Å². The molecule has 1 aromatic carbocycles. The minimum Gasteiger partial charge on any atom is -0.478 e. The van der Waals surface area contributed by atoms with Gasteiger partial charge >= 0.3 is 5.97 Å². The van der Waals surface area contributed by atoms with E-state index in [0.717, 1.165) is 39.0 Å². The molecule has 0 atom stereocenters. The normalized spacial score (nSPS) is 15.3. The highest BCUT2D eigenvalue weighted by atomic mass is 16.5. The first-order chi connectivity index (χ1) is 11.1. The predicted octanol–water partition coefficient (Wildman–Crippen LogP) is 2.59. The molecule has 1 aliphatic heterocycles. The van der Waals surface area contributed by atoms with Crippen molar-refractivity contribution in [3.8, 4) is 0 Å². The van der Waals surface area contributed by atoms with Gasteiger partial charge in [0.1, 0.15) is 0 Å². The van der Waals surface area contributed by atoms with E-state index in [1.807, 2.05) is 7.05 Å². The fourth-order valence-corrected chi connectivity index (χ4v) is 2.92. The molecule has 1 fully saturated rings. The number of amides is 1. The van der Waals surface area contributed by atoms with E-state index in [4.69, 9.17) is 9.84 Å². The third-order valence-electron chi connectivity index (χ3n) is 4.50. The highest BCUT2D eigenvalue weighted by Gasteiger charge is 2.17. The van der Waals surface area contributed by atoms with Crippen molar-refractivity contribution in [3.05, 3.63) is 35.4 Å². The number of carbonyl (C=O) groups is 2. The lowest BCUT2D eigenvalue weighted by molar-refractivity contribution is -0.130. The smallest absolute Gasteiger partial charge is 0.335 e. The van der Waals surface area contributed by atoms with Crippen LogP contribution in [-0.4, -0.2) is 48.7 Å². The van der Waals surface area contributed by atoms with E-state index in [9.17, 15) is 9.59 Å². The van der Waals surface area contributed by atoms with E-state index in [1.54, 1.807) is 29.2 Å². The summed E-state index contributed by atoms with van der Waals surface area (Å²) in [6.07, 6.45) is 3.97. The van der Waals surface area contributed by atoms with Crippen molar-refractivity contribution < 1.29 is 19.4 Å². The number of aromatic carboxylic acids is 1. The van der Waals surface area contributed by atoms with E-state index >= 15 is 0 Å². The van der Waals surface area contributed by atoms with E-state index in [-0.39, 0.29) is 11.5 Å². The summed E-state index contributed by atoms with van der Waals surface area (Å²) in [5, 5.41) is 9.16. The van der Waals surface area contributed by atoms with Gasteiger partial charge < -0.3 is 14.7 Å². The number of carbonyl (C=O) groups excluding carboxylic acids is 1. The second-order valence-corrected chi connectivity index (χ2v) is 6.12. The van der Waals surface area contributed by atoms with Gasteiger partial charge in [-0.05, 0) is 43.2 Å². The molecule has 23 heavy (non-hydrogen) atoms. The fourth-order valence-electron chi connectivity index (χ4n) is 2.92. The number of nitrogens with zero attached hydrogens (tertiary/aromatic N) is 1. The molecule has 0 bridgehead atoms. The zero-order valence-corrected chi connectivity index (χ0v) is 13.7. The van der Waals surface area contributed by atoms with E-state index in [2.05, 4.69) is 0 Å². The van der Waals surface area contributed by atoms with Crippen LogP contribution >= 0.6 is 0 Å². The Bertz CT molecular complexity index is 538. The van der Waals surface area contributed by atoms with Crippen molar-refractivity contribution >= 4 is 11.9 Å². The summed E-state index contributed by atoms with van der Waals surface area (Å²) in [5.41, 5.74) is 0.997. The Kier molecular flexibility index (Phi) is 6.59. The van der Waals surface area contributed by atoms with Crippen LogP contribution < -0.4 is 0 Å². The van der Waals surface area contributed by atoms with Crippen LogP contribution in [0.15, 0.2) is 24.3 Å². The molecule has 0 spiro atoms. The lowest BCUT2D eigenvalue weighted by Crippen LogP contribution is -2.30. The minimum atomic E-state index is -0.944. The quantitative estimate of drug-likeness (QED) is 0.839. The van der Waals surface area contributed by atoms with Gasteiger partial charge in [0, 0.05) is 33.2 Å². The van der Waals surface area contributed by atoms with Crippen molar-refractivity contribution in [2.75, 3.05) is 26.8 Å². The Morgan fingerprint density at radius 3 is 2.65 bits per heavy atom. The number of ether oxygens (including phenoxy) is 1. The van der Waals surface area contributed by atoms with Crippen molar-refractivity contribution in [3.63, 3.8) is 0 Å². The molecule has 5 heteroatoms. The summed E-state index contributed by atoms with van der Waals surface area (Å²) in [4.78, 5) is 25.2. The summed E-state index contributed by atoms with van der Waals surface area (Å²) in [7, 11) is 1.82. The summed E-state index contributed by atoms with van der Waals surface area (Å²) in [5.74, 6) is -0.232. The molecule has 1 amide bonds. The molecule has 1 N–H and O–H groups in total. The van der Waals surface area contributed by atoms with Crippen LogP contribution in [0.25, 0.3) is 0 Å². The van der Waals surface area contributed by atoms with Crippen LogP contribution in [0.3, 0.4) is 0 Å². The van der Waals surface area contributed by atoms with E-state index in [0.29, 0.717) is 24.3 Å². The van der Waals surface area contributed by atoms with Gasteiger partial charge in [-0.15, -0.1) is 0 Å². The maximum Gasteiger partial charge on any atom is 0.335 e. The fraction of sp³-hybridized carbons (Fsp3) is 0.556. The molecular formula is C18H25NO4. The molecule has 1 heterocycles. The van der Waals surface area contributed by atoms with Crippen LogP contribution in [0.1, 0.15) is 41.6 Å². The van der Waals surface area contributed by atoms with Crippen molar-refractivity contribution in [2.24, 2.45) is 5.92 Å². The monoisotopic (exact) mass is 319 g/mol. The largest absolute Gasteiger partial charge is 0.478 e. The van der Waals surface area contributed by atoms with Gasteiger partial charge in [-0.3, -0.25) is 4.79 Å². The van der Waals surface area contributed by atoms with E-state index < -0.39 is 5.97 Å². The van der Waals surface area contributed by atoms with Crippen molar-refractivity contribution in [1.82, 2.24) is 4.90 Å². The second kappa shape index (κ2) is 8.67. The number of carboxylic acids is 1. The topological polar surface area (TPSA) is 66.8 Å². The molecular weight excluding hydrogens is 294 g/mol. The molecule has 126 valence electrons. The molecule has 1 aromatic rings. The van der Waals surface area contributed by atoms with Crippen LogP contribution in [0, 0.1) is 5.92 Å². The molecule has 2 rings (SSSR count). The van der Waals surface area contributed by atoms with Crippen LogP contribution in [0.4, 0.5) is 0 Å². The average molecular weight is 319 g/mol. The molecule has 1 aliphatic rings. The molecule has 0 saturated carbocycles. The Morgan fingerprint density at radius 1 is 1.26 bits per heavy atom. The minimum absolute atomic E-state index is 0.0669. The summed E-state index contributed by atoms with van der Waals surface area (Å²) in [6.45, 7) is 2.41. The number of benzene rings is 1. The summed E-state index contributed by atoms with van der Waals surface area (Å²) < 4.78 is 5.34. The zero-order chi connectivity index (χ0) is 16.7. The maximum atomic E-state index is 12.2. The first kappa shape index (κ1) is 17.5.